The molecule has 176 valence electrons. The highest BCUT2D eigenvalue weighted by molar-refractivity contribution is 5.88. The van der Waals surface area contributed by atoms with Gasteiger partial charge in [0.15, 0.2) is 5.58 Å². The molecule has 1 aromatic heterocycles. The predicted octanol–water partition coefficient (Wildman–Crippen LogP) is 4.54. The predicted molar refractivity (Wildman–Crippen MR) is 119 cm³/mol. The van der Waals surface area contributed by atoms with E-state index in [1.54, 1.807) is 4.90 Å². The highest BCUT2D eigenvalue weighted by Gasteiger charge is 2.29. The number of aromatic nitrogens is 1. The summed E-state index contributed by atoms with van der Waals surface area (Å²) in [5, 5.41) is 15.1. The second-order valence-electron chi connectivity index (χ2n) is 9.87. The third-order valence-corrected chi connectivity index (χ3v) is 6.00. The van der Waals surface area contributed by atoms with Crippen molar-refractivity contribution in [2.24, 2.45) is 5.92 Å². The van der Waals surface area contributed by atoms with Crippen molar-refractivity contribution >= 4 is 17.1 Å². The summed E-state index contributed by atoms with van der Waals surface area (Å²) < 4.78 is 23.2. The number of likely N-dealkylation sites (tertiary alicyclic amines) is 1. The van der Waals surface area contributed by atoms with Gasteiger partial charge in [-0.25, -0.2) is 4.79 Å². The Labute approximate surface area is 188 Å². The average Bonchev–Trinajstić information content (AvgIpc) is 3.17. The zero-order valence-electron chi connectivity index (χ0n) is 19.2. The second-order valence-corrected chi connectivity index (χ2v) is 9.87. The first-order valence-electron chi connectivity index (χ1n) is 11.6. The molecule has 0 bridgehead atoms. The molecular formula is C24H34N2O6. The molecule has 4 rings (SSSR count). The monoisotopic (exact) mass is 446 g/mol. The first-order valence-corrected chi connectivity index (χ1v) is 11.6. The van der Waals surface area contributed by atoms with Crippen LogP contribution in [0.3, 0.4) is 0 Å². The molecule has 1 aromatic carbocycles. The molecule has 0 radical (unpaired) electrons. The minimum atomic E-state index is -0.511. The number of amides is 1. The molecule has 2 fully saturated rings. The van der Waals surface area contributed by atoms with E-state index in [1.807, 2.05) is 39.0 Å². The van der Waals surface area contributed by atoms with Crippen molar-refractivity contribution in [3.05, 3.63) is 18.2 Å². The lowest BCUT2D eigenvalue weighted by molar-refractivity contribution is 0.00752. The molecule has 1 amide bonds. The van der Waals surface area contributed by atoms with E-state index in [0.717, 1.165) is 38.5 Å². The van der Waals surface area contributed by atoms with Crippen LogP contribution in [0.5, 0.6) is 11.6 Å². The molecule has 2 heterocycles. The fourth-order valence-electron chi connectivity index (χ4n) is 4.40. The van der Waals surface area contributed by atoms with Gasteiger partial charge in [-0.05, 0) is 70.2 Å². The molecule has 2 aliphatic rings. The zero-order chi connectivity index (χ0) is 22.7. The van der Waals surface area contributed by atoms with Gasteiger partial charge in [-0.15, -0.1) is 0 Å². The summed E-state index contributed by atoms with van der Waals surface area (Å²) in [5.74, 6) is 1.18. The van der Waals surface area contributed by atoms with Crippen molar-refractivity contribution in [1.29, 1.82) is 0 Å². The number of aliphatic hydroxyl groups excluding tert-OH is 1. The number of hydrogen-bond donors (Lipinski definition) is 1. The summed E-state index contributed by atoms with van der Waals surface area (Å²) in [5.41, 5.74) is 0.0736. The molecule has 3 atom stereocenters. The Morgan fingerprint density at radius 1 is 1.22 bits per heavy atom. The summed E-state index contributed by atoms with van der Waals surface area (Å²) >= 11 is 0. The van der Waals surface area contributed by atoms with Crippen LogP contribution < -0.4 is 9.47 Å². The number of piperidine rings is 1. The van der Waals surface area contributed by atoms with E-state index >= 15 is 0 Å². The minimum absolute atomic E-state index is 0.177. The van der Waals surface area contributed by atoms with Crippen molar-refractivity contribution in [3.8, 4) is 11.6 Å². The number of hydrogen-bond acceptors (Lipinski definition) is 7. The van der Waals surface area contributed by atoms with E-state index in [9.17, 15) is 9.90 Å². The Kier molecular flexibility index (Phi) is 6.79. The van der Waals surface area contributed by atoms with Crippen LogP contribution in [0, 0.1) is 5.92 Å². The van der Waals surface area contributed by atoms with Crippen LogP contribution in [0.1, 0.15) is 59.3 Å². The summed E-state index contributed by atoms with van der Waals surface area (Å²) in [6.07, 6.45) is 4.52. The van der Waals surface area contributed by atoms with E-state index < -0.39 is 11.7 Å². The van der Waals surface area contributed by atoms with Gasteiger partial charge in [-0.2, -0.15) is 0 Å². The normalized spacial score (nSPS) is 24.4. The topological polar surface area (TPSA) is 94.3 Å². The molecular weight excluding hydrogens is 412 g/mol. The van der Waals surface area contributed by atoms with Crippen LogP contribution in [0.2, 0.25) is 0 Å². The number of ether oxygens (including phenoxy) is 3. The molecule has 1 saturated carbocycles. The first-order chi connectivity index (χ1) is 15.3. The van der Waals surface area contributed by atoms with Crippen molar-refractivity contribution in [2.45, 2.75) is 77.1 Å². The van der Waals surface area contributed by atoms with Gasteiger partial charge in [0, 0.05) is 19.0 Å². The molecule has 1 saturated heterocycles. The molecule has 3 unspecified atom stereocenters. The lowest BCUT2D eigenvalue weighted by atomic mass is 9.95. The van der Waals surface area contributed by atoms with E-state index in [-0.39, 0.29) is 18.1 Å². The standard InChI is InChI=1S/C24H34N2O6/c1-24(2,3)31-23(28)26-13-7-8-16(14-26)15-29-22-21-19(11-6-12-20(21)32-25-22)30-18-10-5-4-9-17(18)27/h6,11-12,16-18,27H,4-5,7-10,13-15H2,1-3H3. The Bertz CT molecular complexity index is 921. The lowest BCUT2D eigenvalue weighted by Gasteiger charge is -2.33. The summed E-state index contributed by atoms with van der Waals surface area (Å²) in [4.78, 5) is 14.2. The number of carbonyl (C=O) groups excluding carboxylic acids is 1. The first kappa shape index (κ1) is 22.7. The number of rotatable bonds is 5. The Balaban J connectivity index is 1.41. The summed E-state index contributed by atoms with van der Waals surface area (Å²) in [6.45, 7) is 7.31. The molecule has 32 heavy (non-hydrogen) atoms. The molecule has 8 heteroatoms. The number of benzene rings is 1. The van der Waals surface area contributed by atoms with Gasteiger partial charge in [-0.1, -0.05) is 12.5 Å². The summed E-state index contributed by atoms with van der Waals surface area (Å²) in [6, 6.07) is 5.53. The van der Waals surface area contributed by atoms with Gasteiger partial charge in [-0.3, -0.25) is 0 Å². The smallest absolute Gasteiger partial charge is 0.410 e. The number of carbonyl (C=O) groups is 1. The van der Waals surface area contributed by atoms with E-state index in [2.05, 4.69) is 5.16 Å². The fraction of sp³-hybridized carbons (Fsp3) is 0.667. The quantitative estimate of drug-likeness (QED) is 0.721. The minimum Gasteiger partial charge on any atom is -0.487 e. The van der Waals surface area contributed by atoms with Gasteiger partial charge in [0.2, 0.25) is 0 Å². The number of nitrogens with zero attached hydrogens (tertiary/aromatic N) is 2. The van der Waals surface area contributed by atoms with Gasteiger partial charge in [0.25, 0.3) is 5.88 Å². The SMILES string of the molecule is CC(C)(C)OC(=O)N1CCCC(COc2noc3cccc(OC4CCCCC4O)c23)C1. The maximum atomic E-state index is 12.4. The Morgan fingerprint density at radius 2 is 2.03 bits per heavy atom. The average molecular weight is 447 g/mol. The Morgan fingerprint density at radius 3 is 2.81 bits per heavy atom. The number of aliphatic hydroxyl groups is 1. The molecule has 0 spiro atoms. The van der Waals surface area contributed by atoms with Crippen molar-refractivity contribution in [2.75, 3.05) is 19.7 Å². The van der Waals surface area contributed by atoms with E-state index in [4.69, 9.17) is 18.7 Å². The highest BCUT2D eigenvalue weighted by atomic mass is 16.6. The van der Waals surface area contributed by atoms with Crippen LogP contribution in [-0.2, 0) is 4.74 Å². The zero-order valence-corrected chi connectivity index (χ0v) is 19.2. The van der Waals surface area contributed by atoms with Crippen molar-refractivity contribution < 1.29 is 28.6 Å². The number of fused-ring (bicyclic) bond motifs is 1. The van der Waals surface area contributed by atoms with E-state index in [1.165, 1.54) is 0 Å². The van der Waals surface area contributed by atoms with E-state index in [0.29, 0.717) is 42.3 Å². The third-order valence-electron chi connectivity index (χ3n) is 6.00. The van der Waals surface area contributed by atoms with Gasteiger partial charge < -0.3 is 28.7 Å². The molecule has 1 N–H and O–H groups in total. The van der Waals surface area contributed by atoms with Crippen molar-refractivity contribution in [3.63, 3.8) is 0 Å². The summed E-state index contributed by atoms with van der Waals surface area (Å²) in [7, 11) is 0. The van der Waals surface area contributed by atoms with Crippen LogP contribution in [0.25, 0.3) is 11.0 Å². The Hall–Kier alpha value is -2.48. The lowest BCUT2D eigenvalue weighted by Crippen LogP contribution is -2.44. The maximum absolute atomic E-state index is 12.4. The maximum Gasteiger partial charge on any atom is 0.410 e. The van der Waals surface area contributed by atoms with Gasteiger partial charge in [0.05, 0.1) is 12.7 Å². The van der Waals surface area contributed by atoms with Crippen LogP contribution in [0.4, 0.5) is 4.79 Å². The fourth-order valence-corrected chi connectivity index (χ4v) is 4.40. The molecule has 1 aliphatic carbocycles. The highest BCUT2D eigenvalue weighted by Crippen LogP contribution is 2.36. The van der Waals surface area contributed by atoms with Crippen LogP contribution >= 0.6 is 0 Å². The third kappa shape index (κ3) is 5.46. The van der Waals surface area contributed by atoms with Gasteiger partial charge >= 0.3 is 6.09 Å². The molecule has 1 aliphatic heterocycles. The van der Waals surface area contributed by atoms with Crippen LogP contribution in [0.15, 0.2) is 22.7 Å². The molecule has 8 nitrogen and oxygen atoms in total. The molecule has 2 aromatic rings. The van der Waals surface area contributed by atoms with Crippen molar-refractivity contribution in [1.82, 2.24) is 10.1 Å². The van der Waals surface area contributed by atoms with Crippen LogP contribution in [-0.4, -0.2) is 58.8 Å². The largest absolute Gasteiger partial charge is 0.487 e. The van der Waals surface area contributed by atoms with Gasteiger partial charge in [0.1, 0.15) is 22.8 Å². The second kappa shape index (κ2) is 9.57.